The second kappa shape index (κ2) is 14.4. The molecule has 0 saturated carbocycles. The van der Waals surface area contributed by atoms with Crippen molar-refractivity contribution in [1.29, 1.82) is 0 Å². The minimum atomic E-state index is 0.0799. The summed E-state index contributed by atoms with van der Waals surface area (Å²) in [5, 5.41) is 0. The second-order valence-corrected chi connectivity index (χ2v) is 8.24. The van der Waals surface area contributed by atoms with E-state index in [1.165, 1.54) is 0 Å². The van der Waals surface area contributed by atoms with Crippen LogP contribution in [0.4, 0.5) is 0 Å². The molecule has 0 aliphatic rings. The van der Waals surface area contributed by atoms with Gasteiger partial charge in [0.2, 0.25) is 5.91 Å². The first-order valence-corrected chi connectivity index (χ1v) is 12.0. The van der Waals surface area contributed by atoms with Crippen molar-refractivity contribution in [3.05, 3.63) is 108 Å². The fourth-order valence-corrected chi connectivity index (χ4v) is 3.62. The van der Waals surface area contributed by atoms with Gasteiger partial charge in [-0.1, -0.05) is 54.6 Å². The molecule has 0 aromatic heterocycles. The number of carbonyl (C=O) groups excluding carboxylic acids is 1. The van der Waals surface area contributed by atoms with Crippen LogP contribution in [0.15, 0.2) is 95.8 Å². The van der Waals surface area contributed by atoms with Gasteiger partial charge in [-0.25, -0.2) is 0 Å². The van der Waals surface area contributed by atoms with Gasteiger partial charge in [-0.15, -0.1) is 0 Å². The maximum Gasteiger partial charge on any atom is 0.227 e. The highest BCUT2D eigenvalue weighted by atomic mass is 16.5. The molecule has 3 rings (SSSR count). The number of ether oxygens (including phenoxy) is 3. The Labute approximate surface area is 213 Å². The first-order valence-electron chi connectivity index (χ1n) is 12.0. The number of amides is 1. The molecule has 0 bridgehead atoms. The summed E-state index contributed by atoms with van der Waals surface area (Å²) in [6, 6.07) is 25.4. The van der Waals surface area contributed by atoms with E-state index in [1.807, 2.05) is 90.7 Å². The molecule has 0 saturated heterocycles. The number of benzene rings is 3. The molecule has 0 fully saturated rings. The summed E-state index contributed by atoms with van der Waals surface area (Å²) < 4.78 is 16.8. The highest BCUT2D eigenvalue weighted by Crippen LogP contribution is 2.18. The van der Waals surface area contributed by atoms with Crippen molar-refractivity contribution < 1.29 is 19.0 Å². The Morgan fingerprint density at radius 1 is 0.944 bits per heavy atom. The van der Waals surface area contributed by atoms with E-state index in [0.29, 0.717) is 39.1 Å². The van der Waals surface area contributed by atoms with E-state index in [4.69, 9.17) is 14.2 Å². The van der Waals surface area contributed by atoms with Gasteiger partial charge in [0, 0.05) is 19.5 Å². The lowest BCUT2D eigenvalue weighted by Gasteiger charge is -2.21. The molecule has 3 aromatic carbocycles. The van der Waals surface area contributed by atoms with Crippen LogP contribution in [0, 0.1) is 0 Å². The fourth-order valence-electron chi connectivity index (χ4n) is 3.62. The maximum atomic E-state index is 12.9. The van der Waals surface area contributed by atoms with Gasteiger partial charge < -0.3 is 19.1 Å². The van der Waals surface area contributed by atoms with Crippen LogP contribution in [0.2, 0.25) is 0 Å². The van der Waals surface area contributed by atoms with Crippen LogP contribution in [0.25, 0.3) is 0 Å². The van der Waals surface area contributed by atoms with E-state index >= 15 is 0 Å². The van der Waals surface area contributed by atoms with Gasteiger partial charge >= 0.3 is 0 Å². The van der Waals surface area contributed by atoms with Crippen molar-refractivity contribution >= 4 is 12.6 Å². The van der Waals surface area contributed by atoms with Crippen molar-refractivity contribution in [2.24, 2.45) is 4.99 Å². The topological polar surface area (TPSA) is 60.4 Å². The smallest absolute Gasteiger partial charge is 0.227 e. The Morgan fingerprint density at radius 2 is 1.69 bits per heavy atom. The summed E-state index contributed by atoms with van der Waals surface area (Å²) in [5.74, 6) is 1.61. The molecule has 0 aliphatic heterocycles. The number of nitrogens with zero attached hydrogens (tertiary/aromatic N) is 2. The molecule has 0 heterocycles. The van der Waals surface area contributed by atoms with Crippen LogP contribution in [-0.4, -0.2) is 37.8 Å². The van der Waals surface area contributed by atoms with Crippen molar-refractivity contribution in [1.82, 2.24) is 4.90 Å². The normalized spacial score (nSPS) is 11.0. The highest BCUT2D eigenvalue weighted by molar-refractivity contribution is 5.78. The minimum Gasteiger partial charge on any atom is -0.497 e. The van der Waals surface area contributed by atoms with Crippen LogP contribution >= 0.6 is 0 Å². The Bertz CT molecular complexity index is 1130. The lowest BCUT2D eigenvalue weighted by molar-refractivity contribution is -0.130. The Morgan fingerprint density at radius 3 is 2.39 bits per heavy atom. The van der Waals surface area contributed by atoms with Crippen molar-refractivity contribution in [2.75, 3.05) is 20.3 Å². The summed E-state index contributed by atoms with van der Waals surface area (Å²) in [4.78, 5) is 18.8. The number of methoxy groups -OCH3 is 1. The largest absolute Gasteiger partial charge is 0.497 e. The quantitative estimate of drug-likeness (QED) is 0.213. The van der Waals surface area contributed by atoms with Crippen molar-refractivity contribution in [2.45, 2.75) is 32.9 Å². The van der Waals surface area contributed by atoms with Crippen LogP contribution < -0.4 is 9.47 Å². The van der Waals surface area contributed by atoms with Crippen LogP contribution in [0.5, 0.6) is 11.5 Å². The third-order valence-electron chi connectivity index (χ3n) is 5.66. The zero-order chi connectivity index (χ0) is 25.6. The zero-order valence-corrected chi connectivity index (χ0v) is 21.1. The molecule has 0 N–H and O–H groups in total. The van der Waals surface area contributed by atoms with E-state index in [0.717, 1.165) is 33.9 Å². The minimum absolute atomic E-state index is 0.0799. The van der Waals surface area contributed by atoms with E-state index in [9.17, 15) is 4.79 Å². The molecule has 0 radical (unpaired) electrons. The number of hydrogen-bond donors (Lipinski definition) is 0. The van der Waals surface area contributed by atoms with E-state index < -0.39 is 0 Å². The number of carbonyl (C=O) groups is 1. The number of rotatable bonds is 14. The van der Waals surface area contributed by atoms with E-state index in [2.05, 4.69) is 11.7 Å². The predicted molar refractivity (Wildman–Crippen MR) is 143 cm³/mol. The lowest BCUT2D eigenvalue weighted by Crippen LogP contribution is -2.31. The zero-order valence-electron chi connectivity index (χ0n) is 21.1. The van der Waals surface area contributed by atoms with E-state index in [-0.39, 0.29) is 5.91 Å². The molecule has 0 unspecified atom stereocenters. The Kier molecular flexibility index (Phi) is 10.6. The Hall–Kier alpha value is -4.06. The lowest BCUT2D eigenvalue weighted by atomic mass is 10.1. The predicted octanol–water partition coefficient (Wildman–Crippen LogP) is 5.81. The second-order valence-electron chi connectivity index (χ2n) is 8.24. The number of hydrogen-bond acceptors (Lipinski definition) is 5. The summed E-state index contributed by atoms with van der Waals surface area (Å²) in [6.45, 7) is 7.69. The van der Waals surface area contributed by atoms with Crippen LogP contribution in [-0.2, 0) is 29.1 Å². The first kappa shape index (κ1) is 26.5. The molecule has 6 nitrogen and oxygen atoms in total. The molecule has 1 amide bonds. The molecule has 188 valence electrons. The van der Waals surface area contributed by atoms with Gasteiger partial charge in [-0.05, 0) is 54.6 Å². The standard InChI is InChI=1S/C30H34N2O4/c1-4-32(30(33)20-24-13-15-28(34-3)16-14-24)21-26-11-8-12-29(19-26)36-18-17-27(31-2)23-35-22-25-9-6-5-7-10-25/h5-16,19,23H,2,4,17-18,20-22H2,1,3H3/b27-23-. The van der Waals surface area contributed by atoms with E-state index in [1.54, 1.807) is 13.4 Å². The van der Waals surface area contributed by atoms with Gasteiger partial charge in [0.15, 0.2) is 0 Å². The van der Waals surface area contributed by atoms with Gasteiger partial charge in [0.25, 0.3) is 0 Å². The molecule has 3 aromatic rings. The van der Waals surface area contributed by atoms with Gasteiger partial charge in [0.05, 0.1) is 25.8 Å². The fraction of sp³-hybridized carbons (Fsp3) is 0.267. The maximum absolute atomic E-state index is 12.9. The molecule has 0 aliphatic carbocycles. The summed E-state index contributed by atoms with van der Waals surface area (Å²) in [5.41, 5.74) is 3.79. The van der Waals surface area contributed by atoms with Crippen LogP contribution in [0.1, 0.15) is 30.0 Å². The first-order chi connectivity index (χ1) is 17.6. The van der Waals surface area contributed by atoms with Gasteiger partial charge in [-0.2, -0.15) is 0 Å². The average molecular weight is 487 g/mol. The van der Waals surface area contributed by atoms with Gasteiger partial charge in [0.1, 0.15) is 24.4 Å². The molecule has 0 atom stereocenters. The highest BCUT2D eigenvalue weighted by Gasteiger charge is 2.13. The van der Waals surface area contributed by atoms with Crippen LogP contribution in [0.3, 0.4) is 0 Å². The molecule has 36 heavy (non-hydrogen) atoms. The SMILES string of the molecule is C=N/C(=C\OCc1ccccc1)CCOc1cccc(CN(CC)C(=O)Cc2ccc(OC)cc2)c1. The third-order valence-corrected chi connectivity index (χ3v) is 5.66. The molecule has 0 spiro atoms. The average Bonchev–Trinajstić information content (AvgIpc) is 2.92. The summed E-state index contributed by atoms with van der Waals surface area (Å²) >= 11 is 0. The molecule has 6 heteroatoms. The molecular weight excluding hydrogens is 452 g/mol. The summed E-state index contributed by atoms with van der Waals surface area (Å²) in [7, 11) is 1.63. The third kappa shape index (κ3) is 8.62. The van der Waals surface area contributed by atoms with Crippen molar-refractivity contribution in [3.8, 4) is 11.5 Å². The molecular formula is C30H34N2O4. The summed E-state index contributed by atoms with van der Waals surface area (Å²) in [6.07, 6.45) is 2.56. The van der Waals surface area contributed by atoms with Gasteiger partial charge in [-0.3, -0.25) is 9.79 Å². The number of aliphatic imine (C=N–C) groups is 1. The number of likely N-dealkylation sites (N-methyl/N-ethyl adjacent to an activating group) is 1. The Balaban J connectivity index is 1.49. The monoisotopic (exact) mass is 486 g/mol. The van der Waals surface area contributed by atoms with Crippen molar-refractivity contribution in [3.63, 3.8) is 0 Å².